The lowest BCUT2D eigenvalue weighted by Gasteiger charge is -2.21. The molecule has 0 rings (SSSR count). The fourth-order valence-electron chi connectivity index (χ4n) is 11.8. The number of hydrogen-bond donors (Lipinski definition) is 3. The van der Waals surface area contributed by atoms with E-state index in [1.165, 1.54) is 212 Å². The summed E-state index contributed by atoms with van der Waals surface area (Å²) in [7, 11) is -9.91. The summed E-state index contributed by atoms with van der Waals surface area (Å²) in [6, 6.07) is 0. The number of hydrogen-bond acceptors (Lipinski definition) is 15. The molecule has 96 heavy (non-hydrogen) atoms. The molecule has 0 aliphatic heterocycles. The Morgan fingerprint density at radius 3 is 0.708 bits per heavy atom. The molecule has 0 amide bonds. The van der Waals surface area contributed by atoms with E-state index in [0.717, 1.165) is 102 Å². The van der Waals surface area contributed by atoms with Gasteiger partial charge in [-0.25, -0.2) is 9.13 Å². The third-order valence-electron chi connectivity index (χ3n) is 18.0. The summed E-state index contributed by atoms with van der Waals surface area (Å²) in [4.78, 5) is 72.8. The largest absolute Gasteiger partial charge is 0.472 e. The van der Waals surface area contributed by atoms with Crippen LogP contribution in [0.15, 0.2) is 0 Å². The fraction of sp³-hybridized carbons (Fsp3) is 0.948. The van der Waals surface area contributed by atoms with E-state index in [9.17, 15) is 43.2 Å². The van der Waals surface area contributed by atoms with Crippen molar-refractivity contribution in [2.75, 3.05) is 39.6 Å². The van der Waals surface area contributed by atoms with Gasteiger partial charge >= 0.3 is 39.5 Å². The molecule has 0 aliphatic carbocycles. The predicted octanol–water partition coefficient (Wildman–Crippen LogP) is 22.7. The average molecular weight is 1410 g/mol. The molecule has 0 saturated heterocycles. The Hall–Kier alpha value is -1.94. The molecular formula is C77H150O17P2. The molecule has 0 heterocycles. The highest BCUT2D eigenvalue weighted by molar-refractivity contribution is 7.47. The van der Waals surface area contributed by atoms with E-state index in [1.807, 2.05) is 0 Å². The minimum absolute atomic E-state index is 0.105. The van der Waals surface area contributed by atoms with E-state index in [-0.39, 0.29) is 25.7 Å². The number of carbonyl (C=O) groups is 4. The van der Waals surface area contributed by atoms with Gasteiger partial charge in [0.15, 0.2) is 12.2 Å². The van der Waals surface area contributed by atoms with Crippen LogP contribution in [0.25, 0.3) is 0 Å². The second-order valence-electron chi connectivity index (χ2n) is 28.7. The van der Waals surface area contributed by atoms with Crippen LogP contribution < -0.4 is 0 Å². The molecule has 3 N–H and O–H groups in total. The summed E-state index contributed by atoms with van der Waals surface area (Å²) < 4.78 is 68.6. The molecule has 0 fully saturated rings. The van der Waals surface area contributed by atoms with Crippen molar-refractivity contribution >= 4 is 39.5 Å². The van der Waals surface area contributed by atoms with Crippen molar-refractivity contribution in [2.24, 2.45) is 11.8 Å². The number of aliphatic hydroxyl groups excluding tert-OH is 1. The van der Waals surface area contributed by atoms with Gasteiger partial charge in [-0.15, -0.1) is 0 Å². The van der Waals surface area contributed by atoms with Crippen LogP contribution in [-0.2, 0) is 65.4 Å². The first-order valence-corrected chi connectivity index (χ1v) is 43.0. The Morgan fingerprint density at radius 1 is 0.281 bits per heavy atom. The first-order chi connectivity index (χ1) is 46.4. The van der Waals surface area contributed by atoms with Gasteiger partial charge in [-0.05, 0) is 37.5 Å². The smallest absolute Gasteiger partial charge is 0.462 e. The van der Waals surface area contributed by atoms with E-state index in [1.54, 1.807) is 0 Å². The highest BCUT2D eigenvalue weighted by Gasteiger charge is 2.30. The maximum absolute atomic E-state index is 13.1. The van der Waals surface area contributed by atoms with Crippen LogP contribution in [0.4, 0.5) is 0 Å². The Morgan fingerprint density at radius 2 is 0.479 bits per heavy atom. The zero-order valence-electron chi connectivity index (χ0n) is 62.7. The number of phosphoric acid groups is 2. The van der Waals surface area contributed by atoms with Crippen molar-refractivity contribution in [1.82, 2.24) is 0 Å². The minimum atomic E-state index is -4.96. The zero-order chi connectivity index (χ0) is 70.7. The van der Waals surface area contributed by atoms with E-state index < -0.39 is 97.5 Å². The van der Waals surface area contributed by atoms with Crippen LogP contribution in [0.2, 0.25) is 0 Å². The molecule has 0 spiro atoms. The van der Waals surface area contributed by atoms with Crippen molar-refractivity contribution in [3.05, 3.63) is 0 Å². The molecule has 0 radical (unpaired) electrons. The summed E-state index contributed by atoms with van der Waals surface area (Å²) >= 11 is 0. The summed E-state index contributed by atoms with van der Waals surface area (Å²) in [5.74, 6) is -0.674. The Kier molecular flexibility index (Phi) is 67.4. The average Bonchev–Trinajstić information content (AvgIpc) is 1.11. The number of carbonyl (C=O) groups excluding carboxylic acids is 4. The van der Waals surface area contributed by atoms with Crippen LogP contribution in [-0.4, -0.2) is 96.7 Å². The number of unbranched alkanes of at least 4 members (excludes halogenated alkanes) is 46. The van der Waals surface area contributed by atoms with Crippen molar-refractivity contribution in [3.63, 3.8) is 0 Å². The first-order valence-electron chi connectivity index (χ1n) is 40.0. The quantitative estimate of drug-likeness (QED) is 0.0222. The molecule has 0 aliphatic rings. The van der Waals surface area contributed by atoms with Gasteiger partial charge in [-0.1, -0.05) is 350 Å². The van der Waals surface area contributed by atoms with Crippen LogP contribution in [0, 0.1) is 11.8 Å². The van der Waals surface area contributed by atoms with Crippen LogP contribution in [0.1, 0.15) is 401 Å². The number of rotatable bonds is 76. The second-order valence-corrected chi connectivity index (χ2v) is 31.6. The molecule has 0 aromatic carbocycles. The predicted molar refractivity (Wildman–Crippen MR) is 391 cm³/mol. The fourth-order valence-corrected chi connectivity index (χ4v) is 13.4. The lowest BCUT2D eigenvalue weighted by molar-refractivity contribution is -0.161. The molecule has 17 nitrogen and oxygen atoms in total. The van der Waals surface area contributed by atoms with E-state index in [4.69, 9.17) is 37.0 Å². The molecule has 0 saturated carbocycles. The Labute approximate surface area is 588 Å². The summed E-state index contributed by atoms with van der Waals surface area (Å²) in [6.07, 6.45) is 57.0. The van der Waals surface area contributed by atoms with Crippen molar-refractivity contribution in [1.29, 1.82) is 0 Å². The van der Waals surface area contributed by atoms with Gasteiger partial charge in [0.05, 0.1) is 26.4 Å². The standard InChI is InChI=1S/C77H150O17P2/c1-7-9-11-13-15-17-19-21-23-25-26-28-30-32-36-42-49-55-61-76(81)93-72(65-87-74(79)59-53-47-41-35-31-29-27-24-22-20-18-16-14-12-10-8-2)67-91-95(83,84)89-63-71(78)64-90-96(85,86)92-68-73(66-88-75(80)60-54-48-44-38-40-46-52-58-70(5)6)94-77(82)62-56-50-43-37-33-34-39-45-51-57-69(3)4/h69-73,78H,7-68H2,1-6H3,(H,83,84)(H,85,86)/t71-,72-,73-/m1/s1. The molecular weight excluding hydrogens is 1260 g/mol. The van der Waals surface area contributed by atoms with E-state index in [2.05, 4.69) is 41.5 Å². The third kappa shape index (κ3) is 70.5. The second kappa shape index (κ2) is 68.8. The minimum Gasteiger partial charge on any atom is -0.462 e. The highest BCUT2D eigenvalue weighted by atomic mass is 31.2. The third-order valence-corrected chi connectivity index (χ3v) is 19.9. The lowest BCUT2D eigenvalue weighted by Crippen LogP contribution is -2.30. The van der Waals surface area contributed by atoms with Gasteiger partial charge in [0.25, 0.3) is 0 Å². The van der Waals surface area contributed by atoms with Gasteiger partial charge in [0.1, 0.15) is 19.3 Å². The maximum atomic E-state index is 13.1. The maximum Gasteiger partial charge on any atom is 0.472 e. The van der Waals surface area contributed by atoms with Crippen LogP contribution >= 0.6 is 15.6 Å². The van der Waals surface area contributed by atoms with Gasteiger partial charge in [-0.2, -0.15) is 0 Å². The summed E-state index contributed by atoms with van der Waals surface area (Å²) in [5, 5.41) is 10.6. The SMILES string of the molecule is CCCCCCCCCCCCCCCCCCCCC(=O)O[C@H](COC(=O)CCCCCCCCCCCCCCCCCC)COP(=O)(O)OC[C@@H](O)COP(=O)(O)OC[C@@H](COC(=O)CCCCCCCCCC(C)C)OC(=O)CCCCCCCCCCCC(C)C. The monoisotopic (exact) mass is 1410 g/mol. The molecule has 0 aromatic rings. The first kappa shape index (κ1) is 94.1. The van der Waals surface area contributed by atoms with Gasteiger partial charge in [0.2, 0.25) is 0 Å². The van der Waals surface area contributed by atoms with Crippen LogP contribution in [0.5, 0.6) is 0 Å². The van der Waals surface area contributed by atoms with Crippen molar-refractivity contribution in [3.8, 4) is 0 Å². The number of aliphatic hydroxyl groups is 1. The Balaban J connectivity index is 5.24. The van der Waals surface area contributed by atoms with Gasteiger partial charge in [0, 0.05) is 25.7 Å². The van der Waals surface area contributed by atoms with Gasteiger partial charge in [-0.3, -0.25) is 37.3 Å². The summed E-state index contributed by atoms with van der Waals surface area (Å²) in [5.41, 5.74) is 0. The molecule has 570 valence electrons. The number of esters is 4. The van der Waals surface area contributed by atoms with Crippen molar-refractivity contribution in [2.45, 2.75) is 419 Å². The van der Waals surface area contributed by atoms with Crippen molar-refractivity contribution < 1.29 is 80.2 Å². The Bertz CT molecular complexity index is 1860. The molecule has 5 atom stereocenters. The lowest BCUT2D eigenvalue weighted by atomic mass is 10.0. The molecule has 0 bridgehead atoms. The number of phosphoric ester groups is 2. The molecule has 19 heteroatoms. The zero-order valence-corrected chi connectivity index (χ0v) is 64.5. The topological polar surface area (TPSA) is 237 Å². The van der Waals surface area contributed by atoms with Gasteiger partial charge < -0.3 is 33.8 Å². The summed E-state index contributed by atoms with van der Waals surface area (Å²) in [6.45, 7) is 9.53. The van der Waals surface area contributed by atoms with Crippen LogP contribution in [0.3, 0.4) is 0 Å². The van der Waals surface area contributed by atoms with E-state index in [0.29, 0.717) is 31.6 Å². The number of ether oxygens (including phenoxy) is 4. The highest BCUT2D eigenvalue weighted by Crippen LogP contribution is 2.45. The van der Waals surface area contributed by atoms with E-state index >= 15 is 0 Å². The molecule has 2 unspecified atom stereocenters. The molecule has 0 aromatic heterocycles. The normalized spacial score (nSPS) is 14.0.